The van der Waals surface area contributed by atoms with Crippen molar-refractivity contribution in [1.82, 2.24) is 14.9 Å². The van der Waals surface area contributed by atoms with E-state index >= 15 is 0 Å². The second-order valence-corrected chi connectivity index (χ2v) is 6.84. The quantitative estimate of drug-likeness (QED) is 0.385. The Hall–Kier alpha value is -1.84. The number of aliphatic hydroxyl groups excluding tert-OH is 1. The Kier molecular flexibility index (Phi) is 6.00. The van der Waals surface area contributed by atoms with Gasteiger partial charge in [-0.2, -0.15) is 0 Å². The highest BCUT2D eigenvalue weighted by molar-refractivity contribution is 9.10. The molecule has 0 saturated heterocycles. The van der Waals surface area contributed by atoms with Crippen LogP contribution in [0.2, 0.25) is 10.0 Å². The molecule has 0 aliphatic carbocycles. The summed E-state index contributed by atoms with van der Waals surface area (Å²) in [7, 11) is 0. The number of fused-ring (bicyclic) bond motifs is 1. The molecule has 2 heterocycles. The van der Waals surface area contributed by atoms with E-state index < -0.39 is 5.91 Å². The van der Waals surface area contributed by atoms with Gasteiger partial charge in [0.05, 0.1) is 35.2 Å². The van der Waals surface area contributed by atoms with Gasteiger partial charge < -0.3 is 14.8 Å². The topological polar surface area (TPSA) is 87.9 Å². The molecule has 0 aliphatic rings. The molecule has 2 aromatic heterocycles. The smallest absolute Gasteiger partial charge is 0.278 e. The number of hydrogen-bond acceptors (Lipinski definition) is 5. The number of imidazole rings is 1. The number of aromatic nitrogens is 2. The molecule has 10 heteroatoms. The van der Waals surface area contributed by atoms with Crippen LogP contribution in [0.1, 0.15) is 10.4 Å². The molecule has 3 N–H and O–H groups in total. The van der Waals surface area contributed by atoms with E-state index in [0.29, 0.717) is 22.0 Å². The minimum absolute atomic E-state index is 0.0336. The van der Waals surface area contributed by atoms with E-state index in [9.17, 15) is 4.79 Å². The number of carbonyl (C=O) groups is 1. The van der Waals surface area contributed by atoms with Crippen LogP contribution in [0.4, 0.5) is 11.4 Å². The van der Waals surface area contributed by atoms with Crippen LogP contribution < -0.4 is 10.8 Å². The molecule has 0 spiro atoms. The molecule has 0 atom stereocenters. The van der Waals surface area contributed by atoms with Gasteiger partial charge in [-0.3, -0.25) is 9.63 Å². The fourth-order valence-electron chi connectivity index (χ4n) is 2.26. The maximum Gasteiger partial charge on any atom is 0.278 e. The van der Waals surface area contributed by atoms with Crippen LogP contribution in [0.25, 0.3) is 5.65 Å². The van der Waals surface area contributed by atoms with E-state index in [1.807, 2.05) is 0 Å². The molecule has 0 unspecified atom stereocenters. The molecule has 0 radical (unpaired) electrons. The average molecular weight is 460 g/mol. The summed E-state index contributed by atoms with van der Waals surface area (Å²) >= 11 is 16.1. The summed E-state index contributed by atoms with van der Waals surface area (Å²) in [6, 6.07) is 5.28. The number of hydroxylamine groups is 1. The summed E-state index contributed by atoms with van der Waals surface area (Å²) < 4.78 is 2.44. The Bertz CT molecular complexity index is 964. The van der Waals surface area contributed by atoms with Crippen LogP contribution >= 0.6 is 39.1 Å². The number of rotatable bonds is 6. The van der Waals surface area contributed by atoms with Gasteiger partial charge in [-0.1, -0.05) is 39.1 Å². The lowest BCUT2D eigenvalue weighted by molar-refractivity contribution is 0.0168. The van der Waals surface area contributed by atoms with Crippen molar-refractivity contribution in [3.63, 3.8) is 0 Å². The van der Waals surface area contributed by atoms with Gasteiger partial charge in [0.1, 0.15) is 5.02 Å². The van der Waals surface area contributed by atoms with Crippen LogP contribution in [0.15, 0.2) is 41.3 Å². The average Bonchev–Trinajstić information content (AvgIpc) is 3.08. The van der Waals surface area contributed by atoms with Gasteiger partial charge in [-0.05, 0) is 18.2 Å². The van der Waals surface area contributed by atoms with E-state index in [1.54, 1.807) is 41.2 Å². The maximum absolute atomic E-state index is 12.5. The van der Waals surface area contributed by atoms with Crippen molar-refractivity contribution >= 4 is 62.1 Å². The molecule has 3 rings (SSSR count). The van der Waals surface area contributed by atoms with Crippen molar-refractivity contribution in [3.8, 4) is 0 Å². The van der Waals surface area contributed by atoms with Gasteiger partial charge in [0.25, 0.3) is 5.91 Å². The lowest BCUT2D eigenvalue weighted by Gasteiger charge is -2.16. The molecular formula is C16H13BrCl2N4O3. The largest absolute Gasteiger partial charge is 0.394 e. The van der Waals surface area contributed by atoms with Gasteiger partial charge in [-0.25, -0.2) is 10.5 Å². The molecule has 3 aromatic rings. The zero-order chi connectivity index (χ0) is 18.7. The molecule has 1 aromatic carbocycles. The summed E-state index contributed by atoms with van der Waals surface area (Å²) in [6.45, 7) is -0.255. The third-order valence-electron chi connectivity index (χ3n) is 3.42. The highest BCUT2D eigenvalue weighted by Crippen LogP contribution is 2.35. The third kappa shape index (κ3) is 3.94. The lowest BCUT2D eigenvalue weighted by atomic mass is 10.2. The molecule has 0 fully saturated rings. The highest BCUT2D eigenvalue weighted by Gasteiger charge is 2.20. The second-order valence-electron chi connectivity index (χ2n) is 5.14. The third-order valence-corrected chi connectivity index (χ3v) is 4.58. The van der Waals surface area contributed by atoms with Crippen molar-refractivity contribution < 1.29 is 14.7 Å². The Labute approximate surface area is 167 Å². The summed E-state index contributed by atoms with van der Waals surface area (Å²) in [4.78, 5) is 21.6. The second kappa shape index (κ2) is 8.24. The number of amides is 1. The molecule has 0 aliphatic heterocycles. The standard InChI is InChI=1S/C16H13BrCl2N4O3/c17-9-1-2-12(11(18)7-9)21-14-10(16(25)22-26-6-5-24)8-23-4-3-20-15(23)13(14)19/h1-4,7-8,21,24H,5-6H2,(H,22,25). The number of anilines is 2. The van der Waals surface area contributed by atoms with Crippen molar-refractivity contribution in [2.75, 3.05) is 18.5 Å². The molecule has 1 amide bonds. The molecule has 0 saturated carbocycles. The van der Waals surface area contributed by atoms with Gasteiger partial charge >= 0.3 is 0 Å². The fourth-order valence-corrected chi connectivity index (χ4v) is 3.27. The van der Waals surface area contributed by atoms with E-state index in [4.69, 9.17) is 33.1 Å². The normalized spacial score (nSPS) is 10.9. The lowest BCUT2D eigenvalue weighted by Crippen LogP contribution is -2.26. The SMILES string of the molecule is O=C(NOCCO)c1cn2ccnc2c(Cl)c1Nc1ccc(Br)cc1Cl. The zero-order valence-corrected chi connectivity index (χ0v) is 16.3. The van der Waals surface area contributed by atoms with Crippen molar-refractivity contribution in [2.45, 2.75) is 0 Å². The number of carbonyl (C=O) groups excluding carboxylic acids is 1. The Balaban J connectivity index is 2.04. The van der Waals surface area contributed by atoms with Gasteiger partial charge in [0.2, 0.25) is 0 Å². The first-order chi connectivity index (χ1) is 12.5. The Morgan fingerprint density at radius 2 is 2.19 bits per heavy atom. The predicted molar refractivity (Wildman–Crippen MR) is 103 cm³/mol. The van der Waals surface area contributed by atoms with Crippen molar-refractivity contribution in [1.29, 1.82) is 0 Å². The molecule has 0 bridgehead atoms. The van der Waals surface area contributed by atoms with Crippen molar-refractivity contribution in [2.24, 2.45) is 0 Å². The number of aliphatic hydroxyl groups is 1. The molecule has 136 valence electrons. The van der Waals surface area contributed by atoms with E-state index in [0.717, 1.165) is 4.47 Å². The first-order valence-corrected chi connectivity index (χ1v) is 8.96. The molecule has 26 heavy (non-hydrogen) atoms. The number of halogens is 3. The van der Waals surface area contributed by atoms with Crippen molar-refractivity contribution in [3.05, 3.63) is 56.9 Å². The fraction of sp³-hybridized carbons (Fsp3) is 0.125. The number of hydrogen-bond donors (Lipinski definition) is 3. The van der Waals surface area contributed by atoms with E-state index in [-0.39, 0.29) is 23.8 Å². The number of nitrogens with one attached hydrogen (secondary N) is 2. The molecule has 7 nitrogen and oxygen atoms in total. The van der Waals surface area contributed by atoms with Gasteiger partial charge in [0.15, 0.2) is 5.65 Å². The Morgan fingerprint density at radius 3 is 2.92 bits per heavy atom. The highest BCUT2D eigenvalue weighted by atomic mass is 79.9. The number of nitrogens with zero attached hydrogens (tertiary/aromatic N) is 2. The summed E-state index contributed by atoms with van der Waals surface area (Å²) in [5, 5.41) is 12.6. The maximum atomic E-state index is 12.5. The number of pyridine rings is 1. The monoisotopic (exact) mass is 458 g/mol. The van der Waals surface area contributed by atoms with Crippen LogP contribution in [-0.4, -0.2) is 33.6 Å². The molecular weight excluding hydrogens is 447 g/mol. The van der Waals surface area contributed by atoms with Gasteiger partial charge in [0, 0.05) is 23.1 Å². The first-order valence-electron chi connectivity index (χ1n) is 7.41. The Morgan fingerprint density at radius 1 is 1.38 bits per heavy atom. The van der Waals surface area contributed by atoms with Crippen LogP contribution in [0, 0.1) is 0 Å². The van der Waals surface area contributed by atoms with Crippen LogP contribution in [0.3, 0.4) is 0 Å². The van der Waals surface area contributed by atoms with E-state index in [1.165, 1.54) is 0 Å². The van der Waals surface area contributed by atoms with Crippen LogP contribution in [0.5, 0.6) is 0 Å². The van der Waals surface area contributed by atoms with Gasteiger partial charge in [-0.15, -0.1) is 0 Å². The minimum Gasteiger partial charge on any atom is -0.394 e. The number of benzene rings is 1. The first kappa shape index (κ1) is 18.9. The predicted octanol–water partition coefficient (Wildman–Crippen LogP) is 3.80. The van der Waals surface area contributed by atoms with Crippen LogP contribution in [-0.2, 0) is 4.84 Å². The summed E-state index contributed by atoms with van der Waals surface area (Å²) in [5.74, 6) is -0.535. The minimum atomic E-state index is -0.535. The zero-order valence-electron chi connectivity index (χ0n) is 13.2. The summed E-state index contributed by atoms with van der Waals surface area (Å²) in [6.07, 6.45) is 4.81. The summed E-state index contributed by atoms with van der Waals surface area (Å²) in [5.41, 5.74) is 3.86. The van der Waals surface area contributed by atoms with E-state index in [2.05, 4.69) is 31.7 Å².